The van der Waals surface area contributed by atoms with Crippen LogP contribution in [0.5, 0.6) is 0 Å². The zero-order chi connectivity index (χ0) is 14.8. The number of amides is 1. The van der Waals surface area contributed by atoms with Gasteiger partial charge >= 0.3 is 6.09 Å². The molecule has 0 bridgehead atoms. The van der Waals surface area contributed by atoms with Crippen molar-refractivity contribution in [3.05, 3.63) is 0 Å². The maximum atomic E-state index is 12.2. The second kappa shape index (κ2) is 5.92. The molecule has 2 fully saturated rings. The summed E-state index contributed by atoms with van der Waals surface area (Å²) in [5.74, 6) is 0. The lowest BCUT2D eigenvalue weighted by Gasteiger charge is -2.48. The van der Waals surface area contributed by atoms with Gasteiger partial charge < -0.3 is 9.64 Å². The first kappa shape index (κ1) is 15.6. The van der Waals surface area contributed by atoms with Crippen molar-refractivity contribution in [3.8, 4) is 0 Å². The predicted octanol–water partition coefficient (Wildman–Crippen LogP) is 3.26. The number of hydrogen-bond donors (Lipinski definition) is 0. The summed E-state index contributed by atoms with van der Waals surface area (Å²) in [4.78, 5) is 16.7. The summed E-state index contributed by atoms with van der Waals surface area (Å²) in [7, 11) is 0. The first-order valence-electron chi connectivity index (χ1n) is 8.09. The molecule has 116 valence electrons. The van der Waals surface area contributed by atoms with E-state index in [1.165, 1.54) is 32.4 Å². The molecular weight excluding hydrogens is 252 g/mol. The van der Waals surface area contributed by atoms with E-state index in [4.69, 9.17) is 4.74 Å². The highest BCUT2D eigenvalue weighted by molar-refractivity contribution is 5.68. The van der Waals surface area contributed by atoms with Gasteiger partial charge in [-0.3, -0.25) is 4.90 Å². The van der Waals surface area contributed by atoms with E-state index in [1.807, 2.05) is 25.7 Å². The summed E-state index contributed by atoms with van der Waals surface area (Å²) >= 11 is 0. The Morgan fingerprint density at radius 3 is 2.30 bits per heavy atom. The van der Waals surface area contributed by atoms with E-state index in [9.17, 15) is 4.79 Å². The van der Waals surface area contributed by atoms with Gasteiger partial charge in [0.05, 0.1) is 0 Å². The zero-order valence-electron chi connectivity index (χ0n) is 13.6. The van der Waals surface area contributed by atoms with E-state index in [0.717, 1.165) is 25.9 Å². The monoisotopic (exact) mass is 282 g/mol. The maximum Gasteiger partial charge on any atom is 0.410 e. The number of carbonyl (C=O) groups excluding carboxylic acids is 1. The average Bonchev–Trinajstić information content (AvgIpc) is 2.48. The lowest BCUT2D eigenvalue weighted by molar-refractivity contribution is 0.00922. The summed E-state index contributed by atoms with van der Waals surface area (Å²) in [6, 6.07) is 0. The summed E-state index contributed by atoms with van der Waals surface area (Å²) in [6.45, 7) is 12.2. The van der Waals surface area contributed by atoms with Gasteiger partial charge in [-0.05, 0) is 66.0 Å². The minimum Gasteiger partial charge on any atom is -0.444 e. The predicted molar refractivity (Wildman–Crippen MR) is 80.9 cm³/mol. The average molecular weight is 282 g/mol. The first-order valence-corrected chi connectivity index (χ1v) is 8.09. The normalized spacial score (nSPS) is 28.7. The van der Waals surface area contributed by atoms with Crippen LogP contribution in [0.1, 0.15) is 59.8 Å². The molecule has 0 aromatic carbocycles. The highest BCUT2D eigenvalue weighted by Gasteiger charge is 2.40. The highest BCUT2D eigenvalue weighted by atomic mass is 16.6. The number of carbonyl (C=O) groups is 1. The van der Waals surface area contributed by atoms with Gasteiger partial charge in [-0.2, -0.15) is 0 Å². The third kappa shape index (κ3) is 3.46. The summed E-state index contributed by atoms with van der Waals surface area (Å²) in [5, 5.41) is 0. The molecule has 4 nitrogen and oxygen atoms in total. The molecular formula is C16H30N2O2. The van der Waals surface area contributed by atoms with Crippen molar-refractivity contribution in [2.75, 3.05) is 26.2 Å². The van der Waals surface area contributed by atoms with Crippen LogP contribution in [0.15, 0.2) is 0 Å². The van der Waals surface area contributed by atoms with Crippen LogP contribution in [0.4, 0.5) is 4.79 Å². The van der Waals surface area contributed by atoms with Crippen molar-refractivity contribution in [3.63, 3.8) is 0 Å². The van der Waals surface area contributed by atoms with E-state index in [-0.39, 0.29) is 6.09 Å². The molecule has 0 saturated carbocycles. The number of nitrogens with zero attached hydrogens (tertiary/aromatic N) is 2. The molecule has 1 amide bonds. The molecule has 0 radical (unpaired) electrons. The molecule has 4 heteroatoms. The van der Waals surface area contributed by atoms with Crippen LogP contribution in [0.25, 0.3) is 0 Å². The third-order valence-electron chi connectivity index (χ3n) is 4.75. The Labute approximate surface area is 123 Å². The first-order chi connectivity index (χ1) is 9.36. The Balaban J connectivity index is 1.96. The smallest absolute Gasteiger partial charge is 0.410 e. The SMILES string of the molecule is CCC1(N2CCC2)CCCN(C(=O)OC(C)(C)C)CC1. The third-order valence-corrected chi connectivity index (χ3v) is 4.75. The van der Waals surface area contributed by atoms with Gasteiger partial charge in [0, 0.05) is 18.6 Å². The number of ether oxygens (including phenoxy) is 1. The Hall–Kier alpha value is -0.770. The Kier molecular flexibility index (Phi) is 4.62. The van der Waals surface area contributed by atoms with Crippen LogP contribution in [0.3, 0.4) is 0 Å². The van der Waals surface area contributed by atoms with Crippen molar-refractivity contribution < 1.29 is 9.53 Å². The maximum absolute atomic E-state index is 12.2. The van der Waals surface area contributed by atoms with E-state index in [1.54, 1.807) is 0 Å². The topological polar surface area (TPSA) is 32.8 Å². The molecule has 20 heavy (non-hydrogen) atoms. The van der Waals surface area contributed by atoms with E-state index >= 15 is 0 Å². The van der Waals surface area contributed by atoms with Crippen LogP contribution in [0.2, 0.25) is 0 Å². The highest BCUT2D eigenvalue weighted by Crippen LogP contribution is 2.35. The lowest BCUT2D eigenvalue weighted by atomic mass is 9.83. The summed E-state index contributed by atoms with van der Waals surface area (Å²) in [5.41, 5.74) is -0.0717. The molecule has 1 atom stereocenters. The molecule has 0 spiro atoms. The van der Waals surface area contributed by atoms with Crippen molar-refractivity contribution in [1.29, 1.82) is 0 Å². The molecule has 0 aromatic heterocycles. The molecule has 2 saturated heterocycles. The molecule has 1 unspecified atom stereocenters. The Bertz CT molecular complexity index is 347. The lowest BCUT2D eigenvalue weighted by Crippen LogP contribution is -2.55. The molecule has 2 rings (SSSR count). The van der Waals surface area contributed by atoms with Gasteiger partial charge in [-0.1, -0.05) is 6.92 Å². The van der Waals surface area contributed by atoms with Crippen LogP contribution >= 0.6 is 0 Å². The van der Waals surface area contributed by atoms with Gasteiger partial charge in [0.25, 0.3) is 0 Å². The van der Waals surface area contributed by atoms with E-state index < -0.39 is 5.60 Å². The molecule has 2 aliphatic heterocycles. The van der Waals surface area contributed by atoms with Crippen LogP contribution < -0.4 is 0 Å². The van der Waals surface area contributed by atoms with Gasteiger partial charge in [0.1, 0.15) is 5.60 Å². The van der Waals surface area contributed by atoms with Gasteiger partial charge in [-0.25, -0.2) is 4.79 Å². The van der Waals surface area contributed by atoms with Crippen LogP contribution in [-0.4, -0.2) is 53.2 Å². The molecule has 0 aromatic rings. The van der Waals surface area contributed by atoms with Crippen molar-refractivity contribution in [2.45, 2.75) is 70.9 Å². The van der Waals surface area contributed by atoms with Crippen LogP contribution in [-0.2, 0) is 4.74 Å². The van der Waals surface area contributed by atoms with Gasteiger partial charge in [0.2, 0.25) is 0 Å². The summed E-state index contributed by atoms with van der Waals surface area (Å²) < 4.78 is 5.51. The van der Waals surface area contributed by atoms with Gasteiger partial charge in [-0.15, -0.1) is 0 Å². The standard InChI is InChI=1S/C16H30N2O2/c1-5-16(18-11-7-12-18)8-6-10-17(13-9-16)14(19)20-15(2,3)4/h5-13H2,1-4H3. The summed E-state index contributed by atoms with van der Waals surface area (Å²) in [6.07, 6.45) is 5.76. The Morgan fingerprint density at radius 1 is 1.10 bits per heavy atom. The molecule has 0 aliphatic carbocycles. The fourth-order valence-electron chi connectivity index (χ4n) is 3.37. The second-order valence-electron chi connectivity index (χ2n) is 7.24. The molecule has 0 N–H and O–H groups in total. The van der Waals surface area contributed by atoms with Gasteiger partial charge in [0.15, 0.2) is 0 Å². The minimum atomic E-state index is -0.400. The van der Waals surface area contributed by atoms with Crippen molar-refractivity contribution >= 4 is 6.09 Å². The molecule has 2 heterocycles. The Morgan fingerprint density at radius 2 is 1.80 bits per heavy atom. The fraction of sp³-hybridized carbons (Fsp3) is 0.938. The van der Waals surface area contributed by atoms with E-state index in [2.05, 4.69) is 11.8 Å². The molecule has 2 aliphatic rings. The second-order valence-corrected chi connectivity index (χ2v) is 7.24. The zero-order valence-corrected chi connectivity index (χ0v) is 13.6. The van der Waals surface area contributed by atoms with Crippen molar-refractivity contribution in [1.82, 2.24) is 9.80 Å². The van der Waals surface area contributed by atoms with Crippen LogP contribution in [0, 0.1) is 0 Å². The minimum absolute atomic E-state index is 0.145. The van der Waals surface area contributed by atoms with Crippen molar-refractivity contribution in [2.24, 2.45) is 0 Å². The van der Waals surface area contributed by atoms with E-state index in [0.29, 0.717) is 5.54 Å². The largest absolute Gasteiger partial charge is 0.444 e. The number of hydrogen-bond acceptors (Lipinski definition) is 3. The fourth-order valence-corrected chi connectivity index (χ4v) is 3.37. The number of likely N-dealkylation sites (tertiary alicyclic amines) is 2. The quantitative estimate of drug-likeness (QED) is 0.779. The number of rotatable bonds is 2.